The van der Waals surface area contributed by atoms with Crippen LogP contribution in [0.2, 0.25) is 0 Å². The van der Waals surface area contributed by atoms with Gasteiger partial charge in [-0.25, -0.2) is 4.98 Å². The topological polar surface area (TPSA) is 53.1 Å². The van der Waals surface area contributed by atoms with Crippen LogP contribution < -0.4 is 10.5 Å². The van der Waals surface area contributed by atoms with Crippen LogP contribution in [0.1, 0.15) is 43.7 Å². The van der Waals surface area contributed by atoms with Crippen LogP contribution in [-0.4, -0.2) is 16.7 Å². The third kappa shape index (κ3) is 2.38. The van der Waals surface area contributed by atoms with Crippen molar-refractivity contribution in [1.29, 1.82) is 0 Å². The third-order valence-electron chi connectivity index (χ3n) is 4.19. The van der Waals surface area contributed by atoms with E-state index in [2.05, 4.69) is 9.55 Å². The van der Waals surface area contributed by atoms with Gasteiger partial charge in [-0.1, -0.05) is 19.3 Å². The fourth-order valence-corrected chi connectivity index (χ4v) is 3.07. The second-order valence-corrected chi connectivity index (χ2v) is 5.45. The average molecular weight is 271 g/mol. The molecule has 2 aromatic rings. The van der Waals surface area contributed by atoms with E-state index >= 15 is 0 Å². The maximum Gasteiger partial charge on any atom is 0.143 e. The van der Waals surface area contributed by atoms with Crippen LogP contribution in [0, 0.1) is 0 Å². The van der Waals surface area contributed by atoms with E-state index in [1.165, 1.54) is 37.8 Å². The second-order valence-electron chi connectivity index (χ2n) is 5.45. The Labute approximate surface area is 119 Å². The summed E-state index contributed by atoms with van der Waals surface area (Å²) in [5.41, 5.74) is 8.91. The molecule has 0 bridgehead atoms. The van der Waals surface area contributed by atoms with Gasteiger partial charge in [0.05, 0.1) is 24.8 Å². The third-order valence-corrected chi connectivity index (χ3v) is 4.19. The molecule has 4 heteroatoms. The molecule has 0 amide bonds. The van der Waals surface area contributed by atoms with Crippen molar-refractivity contribution < 1.29 is 4.74 Å². The summed E-state index contributed by atoms with van der Waals surface area (Å²) in [7, 11) is 1.64. The molecular weight excluding hydrogens is 250 g/mol. The predicted molar refractivity (Wildman–Crippen MR) is 80.4 cm³/mol. The summed E-state index contributed by atoms with van der Waals surface area (Å²) in [6.45, 7) is 0. The number of nitrogens with zero attached hydrogens (tertiary/aromatic N) is 2. The van der Waals surface area contributed by atoms with Crippen LogP contribution in [0.25, 0.3) is 5.69 Å². The minimum Gasteiger partial charge on any atom is -0.495 e. The Morgan fingerprint density at radius 3 is 2.80 bits per heavy atom. The molecule has 1 aromatic heterocycles. The van der Waals surface area contributed by atoms with Gasteiger partial charge in [0.25, 0.3) is 0 Å². The molecule has 0 radical (unpaired) electrons. The predicted octanol–water partition coefficient (Wildman–Crippen LogP) is 3.51. The number of ether oxygens (including phenoxy) is 1. The standard InChI is InChI=1S/C16H21N3O/c1-20-16-9-13(7-8-14(16)17)19-11-18-10-15(19)12-5-3-2-4-6-12/h7-12H,2-6,17H2,1H3. The minimum atomic E-state index is 0.620. The Morgan fingerprint density at radius 1 is 1.25 bits per heavy atom. The van der Waals surface area contributed by atoms with E-state index in [1.54, 1.807) is 7.11 Å². The van der Waals surface area contributed by atoms with E-state index in [9.17, 15) is 0 Å². The highest BCUT2D eigenvalue weighted by atomic mass is 16.5. The summed E-state index contributed by atoms with van der Waals surface area (Å²) in [4.78, 5) is 4.34. The number of nitrogens with two attached hydrogens (primary N) is 1. The lowest BCUT2D eigenvalue weighted by Crippen LogP contribution is -2.09. The number of nitrogen functional groups attached to an aromatic ring is 1. The van der Waals surface area contributed by atoms with Crippen LogP contribution in [0.3, 0.4) is 0 Å². The Morgan fingerprint density at radius 2 is 2.05 bits per heavy atom. The lowest BCUT2D eigenvalue weighted by atomic mass is 9.87. The lowest BCUT2D eigenvalue weighted by Gasteiger charge is -2.23. The molecular formula is C16H21N3O. The molecule has 1 heterocycles. The summed E-state index contributed by atoms with van der Waals surface area (Å²) in [6, 6.07) is 5.88. The fourth-order valence-electron chi connectivity index (χ4n) is 3.07. The molecule has 4 nitrogen and oxygen atoms in total. The molecule has 0 aliphatic heterocycles. The van der Waals surface area contributed by atoms with Crippen molar-refractivity contribution in [3.8, 4) is 11.4 Å². The number of anilines is 1. The first-order valence-electron chi connectivity index (χ1n) is 7.25. The first kappa shape index (κ1) is 13.0. The molecule has 0 spiro atoms. The number of hydrogen-bond acceptors (Lipinski definition) is 3. The second kappa shape index (κ2) is 5.57. The molecule has 0 saturated heterocycles. The van der Waals surface area contributed by atoms with Crippen LogP contribution in [0.4, 0.5) is 5.69 Å². The summed E-state index contributed by atoms with van der Waals surface area (Å²) in [5, 5.41) is 0. The number of aromatic nitrogens is 2. The van der Waals surface area contributed by atoms with Gasteiger partial charge in [-0.15, -0.1) is 0 Å². The molecule has 20 heavy (non-hydrogen) atoms. The van der Waals surface area contributed by atoms with Gasteiger partial charge < -0.3 is 15.0 Å². The molecule has 2 N–H and O–H groups in total. The summed E-state index contributed by atoms with van der Waals surface area (Å²) < 4.78 is 7.47. The molecule has 1 aromatic carbocycles. The van der Waals surface area contributed by atoms with E-state index in [4.69, 9.17) is 10.5 Å². The van der Waals surface area contributed by atoms with E-state index in [0.29, 0.717) is 17.4 Å². The van der Waals surface area contributed by atoms with Crippen LogP contribution in [0.15, 0.2) is 30.7 Å². The van der Waals surface area contributed by atoms with Gasteiger partial charge in [0.15, 0.2) is 0 Å². The van der Waals surface area contributed by atoms with Crippen molar-refractivity contribution >= 4 is 5.69 Å². The zero-order valence-electron chi connectivity index (χ0n) is 11.9. The van der Waals surface area contributed by atoms with E-state index in [1.807, 2.05) is 30.7 Å². The van der Waals surface area contributed by atoms with Gasteiger partial charge in [0.1, 0.15) is 5.75 Å². The Kier molecular flexibility index (Phi) is 3.63. The molecule has 106 valence electrons. The molecule has 0 atom stereocenters. The molecule has 1 saturated carbocycles. The number of imidazole rings is 1. The van der Waals surface area contributed by atoms with Crippen molar-refractivity contribution in [3.05, 3.63) is 36.4 Å². The highest BCUT2D eigenvalue weighted by Gasteiger charge is 2.19. The van der Waals surface area contributed by atoms with Crippen molar-refractivity contribution in [3.63, 3.8) is 0 Å². The number of benzene rings is 1. The fraction of sp³-hybridized carbons (Fsp3) is 0.438. The van der Waals surface area contributed by atoms with Crippen LogP contribution in [-0.2, 0) is 0 Å². The average Bonchev–Trinajstić information content (AvgIpc) is 2.98. The quantitative estimate of drug-likeness (QED) is 0.869. The smallest absolute Gasteiger partial charge is 0.143 e. The summed E-state index contributed by atoms with van der Waals surface area (Å²) >= 11 is 0. The summed E-state index contributed by atoms with van der Waals surface area (Å²) in [5.74, 6) is 1.33. The van der Waals surface area contributed by atoms with E-state index in [-0.39, 0.29) is 0 Å². The monoisotopic (exact) mass is 271 g/mol. The number of methoxy groups -OCH3 is 1. The molecule has 1 aliphatic rings. The van der Waals surface area contributed by atoms with Crippen molar-refractivity contribution in [2.45, 2.75) is 38.0 Å². The lowest BCUT2D eigenvalue weighted by molar-refractivity contribution is 0.416. The first-order valence-corrected chi connectivity index (χ1v) is 7.25. The van der Waals surface area contributed by atoms with Crippen molar-refractivity contribution in [1.82, 2.24) is 9.55 Å². The maximum absolute atomic E-state index is 5.88. The number of rotatable bonds is 3. The SMILES string of the molecule is COc1cc(-n2cncc2C2CCCCC2)ccc1N. The molecule has 1 fully saturated rings. The summed E-state index contributed by atoms with van der Waals surface area (Å²) in [6.07, 6.45) is 10.4. The normalized spacial score (nSPS) is 16.2. The Hall–Kier alpha value is -1.97. The maximum atomic E-state index is 5.88. The minimum absolute atomic E-state index is 0.620. The number of hydrogen-bond donors (Lipinski definition) is 1. The van der Waals surface area contributed by atoms with Crippen LogP contribution >= 0.6 is 0 Å². The van der Waals surface area contributed by atoms with Gasteiger partial charge in [0, 0.05) is 23.9 Å². The Bertz CT molecular complexity index is 585. The van der Waals surface area contributed by atoms with Gasteiger partial charge >= 0.3 is 0 Å². The van der Waals surface area contributed by atoms with Gasteiger partial charge in [-0.05, 0) is 25.0 Å². The molecule has 0 unspecified atom stereocenters. The highest BCUT2D eigenvalue weighted by Crippen LogP contribution is 2.34. The van der Waals surface area contributed by atoms with E-state index in [0.717, 1.165) is 5.69 Å². The largest absolute Gasteiger partial charge is 0.495 e. The molecule has 3 rings (SSSR count). The first-order chi connectivity index (χ1) is 9.79. The Balaban J connectivity index is 1.96. The van der Waals surface area contributed by atoms with Gasteiger partial charge in [0.2, 0.25) is 0 Å². The molecule has 1 aliphatic carbocycles. The van der Waals surface area contributed by atoms with Gasteiger partial charge in [-0.3, -0.25) is 0 Å². The van der Waals surface area contributed by atoms with Crippen molar-refractivity contribution in [2.24, 2.45) is 0 Å². The van der Waals surface area contributed by atoms with Crippen molar-refractivity contribution in [2.75, 3.05) is 12.8 Å². The highest BCUT2D eigenvalue weighted by molar-refractivity contribution is 5.57. The van der Waals surface area contributed by atoms with Crippen LogP contribution in [0.5, 0.6) is 5.75 Å². The zero-order valence-corrected chi connectivity index (χ0v) is 11.9. The van der Waals surface area contributed by atoms with E-state index < -0.39 is 0 Å². The van der Waals surface area contributed by atoms with Gasteiger partial charge in [-0.2, -0.15) is 0 Å². The zero-order chi connectivity index (χ0) is 13.9.